The van der Waals surface area contributed by atoms with E-state index in [1.54, 1.807) is 6.07 Å². The standard InChI is InChI=1S/C32H37N5O6/c1-36(2)21-9-12-24-27(17-21)43-28-18-22(37(3)4)10-13-25(28)30(24)26-16-20(8-11-23(26)32(40)41)31(39)35-15-7-5-6-14-34-29(38)19-42-33/h8-13,16-18H,5-7,14-15,19,33H2,1-4H3,(H2-,34,35,38,39,40,41)/p+1. The molecule has 4 rings (SSSR count). The van der Waals surface area contributed by atoms with Crippen molar-refractivity contribution in [1.82, 2.24) is 15.2 Å². The number of carbonyl (C=O) groups excluding carboxylic acids is 2. The zero-order valence-electron chi connectivity index (χ0n) is 24.9. The lowest BCUT2D eigenvalue weighted by molar-refractivity contribution is -0.125. The highest BCUT2D eigenvalue weighted by Crippen LogP contribution is 2.42. The average molecular weight is 589 g/mol. The molecule has 2 amide bonds. The Balaban J connectivity index is 1.68. The minimum Gasteiger partial charge on any atom is -0.478 e. The Bertz CT molecular complexity index is 1690. The minimum absolute atomic E-state index is 0.0841. The Morgan fingerprint density at radius 3 is 2.35 bits per heavy atom. The molecule has 0 saturated carbocycles. The van der Waals surface area contributed by atoms with Crippen LogP contribution in [0.3, 0.4) is 0 Å². The first-order chi connectivity index (χ1) is 20.6. The monoisotopic (exact) mass is 588 g/mol. The van der Waals surface area contributed by atoms with E-state index in [-0.39, 0.29) is 24.0 Å². The van der Waals surface area contributed by atoms with Crippen molar-refractivity contribution in [2.75, 3.05) is 52.8 Å². The molecule has 1 heterocycles. The van der Waals surface area contributed by atoms with Gasteiger partial charge in [-0.25, -0.2) is 15.3 Å². The van der Waals surface area contributed by atoms with Crippen LogP contribution in [0.5, 0.6) is 0 Å². The van der Waals surface area contributed by atoms with Crippen molar-refractivity contribution in [3.8, 4) is 22.5 Å². The molecule has 43 heavy (non-hydrogen) atoms. The largest absolute Gasteiger partial charge is 0.478 e. The zero-order valence-corrected chi connectivity index (χ0v) is 24.9. The van der Waals surface area contributed by atoms with Crippen LogP contribution in [0.4, 0.5) is 5.69 Å². The Morgan fingerprint density at radius 1 is 0.930 bits per heavy atom. The third kappa shape index (κ3) is 7.37. The van der Waals surface area contributed by atoms with E-state index in [9.17, 15) is 19.5 Å². The van der Waals surface area contributed by atoms with Gasteiger partial charge in [0, 0.05) is 67.1 Å². The summed E-state index contributed by atoms with van der Waals surface area (Å²) in [7, 11) is 7.76. The van der Waals surface area contributed by atoms with Gasteiger partial charge in [-0.2, -0.15) is 0 Å². The Hall–Kier alpha value is -4.74. The van der Waals surface area contributed by atoms with Gasteiger partial charge in [-0.1, -0.05) is 0 Å². The van der Waals surface area contributed by atoms with E-state index >= 15 is 0 Å². The number of nitrogens with two attached hydrogens (primary N) is 1. The number of unbranched alkanes of at least 4 members (excludes halogenated alkanes) is 2. The highest BCUT2D eigenvalue weighted by Gasteiger charge is 2.23. The molecule has 0 aromatic heterocycles. The van der Waals surface area contributed by atoms with Gasteiger partial charge < -0.3 is 25.1 Å². The van der Waals surface area contributed by atoms with Crippen molar-refractivity contribution in [3.05, 3.63) is 71.1 Å². The number of benzene rings is 3. The molecule has 2 aromatic carbocycles. The molecule has 0 fully saturated rings. The van der Waals surface area contributed by atoms with E-state index in [1.165, 1.54) is 12.1 Å². The zero-order chi connectivity index (χ0) is 31.1. The molecule has 2 aromatic rings. The number of amides is 2. The van der Waals surface area contributed by atoms with Gasteiger partial charge in [-0.15, -0.1) is 0 Å². The van der Waals surface area contributed by atoms with Crippen LogP contribution < -0.4 is 31.4 Å². The molecule has 0 radical (unpaired) electrons. The first kappa shape index (κ1) is 31.2. The van der Waals surface area contributed by atoms with Crippen LogP contribution in [0.2, 0.25) is 0 Å². The van der Waals surface area contributed by atoms with Gasteiger partial charge in [0.25, 0.3) is 5.91 Å². The minimum atomic E-state index is -1.09. The molecular formula is C32H38N5O6+. The second kappa shape index (κ2) is 14.0. The summed E-state index contributed by atoms with van der Waals surface area (Å²) in [6.45, 7) is 0.745. The second-order valence-corrected chi connectivity index (χ2v) is 10.7. The maximum Gasteiger partial charge on any atom is 0.336 e. The average Bonchev–Trinajstić information content (AvgIpc) is 2.98. The smallest absolute Gasteiger partial charge is 0.336 e. The van der Waals surface area contributed by atoms with Crippen molar-refractivity contribution >= 4 is 34.4 Å². The number of aromatic carboxylic acids is 1. The quantitative estimate of drug-likeness (QED) is 0.0854. The third-order valence-corrected chi connectivity index (χ3v) is 7.18. The first-order valence-electron chi connectivity index (χ1n) is 14.0. The highest BCUT2D eigenvalue weighted by atomic mass is 16.6. The molecule has 2 aliphatic rings. The summed E-state index contributed by atoms with van der Waals surface area (Å²) in [4.78, 5) is 43.2. The molecule has 0 spiro atoms. The van der Waals surface area contributed by atoms with Crippen molar-refractivity contribution < 1.29 is 28.7 Å². The fraction of sp³-hybridized carbons (Fsp3) is 0.312. The normalized spacial score (nSPS) is 11.0. The molecule has 0 bridgehead atoms. The summed E-state index contributed by atoms with van der Waals surface area (Å²) in [6, 6.07) is 16.3. The van der Waals surface area contributed by atoms with E-state index in [4.69, 9.17) is 10.3 Å². The summed E-state index contributed by atoms with van der Waals surface area (Å²) in [5, 5.41) is 17.5. The van der Waals surface area contributed by atoms with Gasteiger partial charge in [-0.05, 0) is 61.2 Å². The van der Waals surface area contributed by atoms with Crippen LogP contribution >= 0.6 is 0 Å². The number of carboxylic acids is 1. The molecule has 1 aliphatic heterocycles. The van der Waals surface area contributed by atoms with E-state index in [1.807, 2.05) is 74.1 Å². The molecule has 0 atom stereocenters. The summed E-state index contributed by atoms with van der Waals surface area (Å²) < 4.78 is 8.34. The van der Waals surface area contributed by atoms with Crippen LogP contribution in [0.25, 0.3) is 33.4 Å². The number of carboxylic acid groups (broad SMARTS) is 1. The predicted molar refractivity (Wildman–Crippen MR) is 166 cm³/mol. The Labute approximate surface area is 249 Å². The predicted octanol–water partition coefficient (Wildman–Crippen LogP) is 2.91. The van der Waals surface area contributed by atoms with Gasteiger partial charge >= 0.3 is 5.97 Å². The van der Waals surface area contributed by atoms with Crippen molar-refractivity contribution in [2.24, 2.45) is 5.90 Å². The van der Waals surface area contributed by atoms with Gasteiger partial charge in [0.1, 0.15) is 32.0 Å². The van der Waals surface area contributed by atoms with E-state index in [2.05, 4.69) is 15.5 Å². The highest BCUT2D eigenvalue weighted by molar-refractivity contribution is 6.09. The summed E-state index contributed by atoms with van der Waals surface area (Å²) >= 11 is 0. The van der Waals surface area contributed by atoms with Gasteiger partial charge in [0.05, 0.1) is 11.6 Å². The van der Waals surface area contributed by atoms with E-state index in [0.717, 1.165) is 34.8 Å². The van der Waals surface area contributed by atoms with Crippen molar-refractivity contribution in [2.45, 2.75) is 19.3 Å². The summed E-state index contributed by atoms with van der Waals surface area (Å²) in [5.41, 5.74) is 3.82. The van der Waals surface area contributed by atoms with Crippen LogP contribution in [-0.2, 0) is 9.63 Å². The SMILES string of the molecule is CN(C)c1ccc2c(-c3cc(C(=O)NCCCCCNC(=O)CON)ccc3C(=O)O)c3ccc(=[N+](C)C)cc-3oc2c1. The first-order valence-corrected chi connectivity index (χ1v) is 14.0. The van der Waals surface area contributed by atoms with Crippen LogP contribution in [0.1, 0.15) is 40.0 Å². The summed E-state index contributed by atoms with van der Waals surface area (Å²) in [5.74, 6) is 3.81. The molecule has 0 saturated heterocycles. The fourth-order valence-corrected chi connectivity index (χ4v) is 4.88. The number of nitrogens with zero attached hydrogens (tertiary/aromatic N) is 2. The fourth-order valence-electron chi connectivity index (χ4n) is 4.88. The molecule has 11 nitrogen and oxygen atoms in total. The lowest BCUT2D eigenvalue weighted by Gasteiger charge is -2.19. The maximum absolute atomic E-state index is 13.2. The van der Waals surface area contributed by atoms with Gasteiger partial charge in [-0.3, -0.25) is 14.4 Å². The second-order valence-electron chi connectivity index (χ2n) is 10.7. The van der Waals surface area contributed by atoms with Crippen molar-refractivity contribution in [1.29, 1.82) is 0 Å². The number of anilines is 1. The maximum atomic E-state index is 13.2. The van der Waals surface area contributed by atoms with Gasteiger partial charge in [0.2, 0.25) is 11.3 Å². The van der Waals surface area contributed by atoms with Crippen LogP contribution in [0, 0.1) is 0 Å². The lowest BCUT2D eigenvalue weighted by Crippen LogP contribution is -2.29. The number of hydrogen-bond acceptors (Lipinski definition) is 7. The number of nitrogens with one attached hydrogen (secondary N) is 2. The molecule has 1 aliphatic carbocycles. The molecule has 0 unspecified atom stereocenters. The van der Waals surface area contributed by atoms with Crippen molar-refractivity contribution in [3.63, 3.8) is 0 Å². The van der Waals surface area contributed by atoms with E-state index < -0.39 is 5.97 Å². The molecular weight excluding hydrogens is 550 g/mol. The topological polar surface area (TPSA) is 150 Å². The Morgan fingerprint density at radius 2 is 1.67 bits per heavy atom. The Kier molecular flexibility index (Phi) is 10.1. The van der Waals surface area contributed by atoms with Crippen LogP contribution in [-0.4, -0.2) is 70.8 Å². The van der Waals surface area contributed by atoms with Gasteiger partial charge in [0.15, 0.2) is 0 Å². The lowest BCUT2D eigenvalue weighted by atomic mass is 9.89. The molecule has 11 heteroatoms. The molecule has 226 valence electrons. The number of carbonyl (C=O) groups is 3. The number of fused-ring (bicyclic) bond motifs is 2. The summed E-state index contributed by atoms with van der Waals surface area (Å²) in [6.07, 6.45) is 2.25. The number of hydrogen-bond donors (Lipinski definition) is 4. The molecule has 5 N–H and O–H groups in total. The van der Waals surface area contributed by atoms with Crippen LogP contribution in [0.15, 0.2) is 59.0 Å². The number of rotatable bonds is 12. The van der Waals surface area contributed by atoms with E-state index in [0.29, 0.717) is 47.5 Å². The third-order valence-electron chi connectivity index (χ3n) is 7.18.